The van der Waals surface area contributed by atoms with Crippen LogP contribution in [0.3, 0.4) is 0 Å². The molecule has 0 aromatic heterocycles. The van der Waals surface area contributed by atoms with Crippen molar-refractivity contribution < 1.29 is 9.59 Å². The molecule has 3 rings (SSSR count). The van der Waals surface area contributed by atoms with E-state index in [-0.39, 0.29) is 11.8 Å². The lowest BCUT2D eigenvalue weighted by Gasteiger charge is -2.16. The van der Waals surface area contributed by atoms with Crippen molar-refractivity contribution in [3.05, 3.63) is 59.1 Å². The van der Waals surface area contributed by atoms with Crippen LogP contribution in [0.2, 0.25) is 5.02 Å². The molecule has 124 valence electrons. The molecular formula is C19H19ClN2O2. The van der Waals surface area contributed by atoms with Crippen LogP contribution in [0.15, 0.2) is 48.5 Å². The maximum absolute atomic E-state index is 12.1. The normalized spacial score (nSPS) is 14.0. The maximum Gasteiger partial charge on any atom is 0.227 e. The summed E-state index contributed by atoms with van der Waals surface area (Å²) in [5, 5.41) is 3.56. The lowest BCUT2D eigenvalue weighted by molar-refractivity contribution is -0.117. The molecule has 2 aromatic carbocycles. The highest BCUT2D eigenvalue weighted by atomic mass is 35.5. The van der Waals surface area contributed by atoms with Crippen LogP contribution < -0.4 is 10.2 Å². The smallest absolute Gasteiger partial charge is 0.227 e. The Morgan fingerprint density at radius 1 is 1.17 bits per heavy atom. The van der Waals surface area contributed by atoms with Gasteiger partial charge >= 0.3 is 0 Å². The molecule has 4 nitrogen and oxygen atoms in total. The quantitative estimate of drug-likeness (QED) is 0.891. The van der Waals surface area contributed by atoms with E-state index >= 15 is 0 Å². The van der Waals surface area contributed by atoms with Crippen LogP contribution >= 0.6 is 11.6 Å². The summed E-state index contributed by atoms with van der Waals surface area (Å²) in [7, 11) is 0. The molecule has 24 heavy (non-hydrogen) atoms. The molecular weight excluding hydrogens is 324 g/mol. The summed E-state index contributed by atoms with van der Waals surface area (Å²) in [6.45, 7) is 0.768. The number of carbonyl (C=O) groups is 2. The van der Waals surface area contributed by atoms with Crippen molar-refractivity contribution in [2.45, 2.75) is 25.7 Å². The molecule has 0 atom stereocenters. The summed E-state index contributed by atoms with van der Waals surface area (Å²) in [5.74, 6) is 0.119. The zero-order chi connectivity index (χ0) is 16.9. The predicted molar refractivity (Wildman–Crippen MR) is 96.4 cm³/mol. The van der Waals surface area contributed by atoms with Crippen molar-refractivity contribution in [2.24, 2.45) is 0 Å². The highest BCUT2D eigenvalue weighted by molar-refractivity contribution is 6.30. The van der Waals surface area contributed by atoms with Gasteiger partial charge in [-0.2, -0.15) is 0 Å². The Hall–Kier alpha value is -2.33. The molecule has 1 N–H and O–H groups in total. The van der Waals surface area contributed by atoms with Gasteiger partial charge in [-0.3, -0.25) is 9.59 Å². The Balaban J connectivity index is 1.53. The Labute approximate surface area is 146 Å². The SMILES string of the molecule is O=C(CCc1cccc(Cl)c1)Nc1ccc(N2CCCC2=O)cc1. The van der Waals surface area contributed by atoms with Crippen molar-refractivity contribution in [3.8, 4) is 0 Å². The van der Waals surface area contributed by atoms with Crippen LogP contribution in [0.5, 0.6) is 0 Å². The van der Waals surface area contributed by atoms with E-state index in [1.54, 1.807) is 4.90 Å². The molecule has 0 bridgehead atoms. The number of anilines is 2. The molecule has 1 fully saturated rings. The molecule has 1 saturated heterocycles. The van der Waals surface area contributed by atoms with E-state index in [1.807, 2.05) is 48.5 Å². The molecule has 0 radical (unpaired) electrons. The third kappa shape index (κ3) is 4.15. The molecule has 0 aliphatic carbocycles. The number of halogens is 1. The highest BCUT2D eigenvalue weighted by Crippen LogP contribution is 2.23. The Morgan fingerprint density at radius 3 is 2.62 bits per heavy atom. The molecule has 2 aromatic rings. The van der Waals surface area contributed by atoms with Gasteiger partial charge in [0.2, 0.25) is 11.8 Å². The van der Waals surface area contributed by atoms with E-state index in [9.17, 15) is 9.59 Å². The van der Waals surface area contributed by atoms with Crippen LogP contribution in [0.4, 0.5) is 11.4 Å². The minimum atomic E-state index is -0.0417. The van der Waals surface area contributed by atoms with Gasteiger partial charge in [-0.1, -0.05) is 23.7 Å². The fraction of sp³-hybridized carbons (Fsp3) is 0.263. The van der Waals surface area contributed by atoms with E-state index in [1.165, 1.54) is 0 Å². The van der Waals surface area contributed by atoms with E-state index in [0.29, 0.717) is 24.3 Å². The van der Waals surface area contributed by atoms with Crippen LogP contribution in [0.25, 0.3) is 0 Å². The number of nitrogens with zero attached hydrogens (tertiary/aromatic N) is 1. The van der Waals surface area contributed by atoms with Gasteiger partial charge in [-0.25, -0.2) is 0 Å². The first-order valence-corrected chi connectivity index (χ1v) is 8.44. The van der Waals surface area contributed by atoms with Gasteiger partial charge in [0.05, 0.1) is 0 Å². The molecule has 1 aliphatic rings. The van der Waals surface area contributed by atoms with Crippen molar-refractivity contribution in [2.75, 3.05) is 16.8 Å². The first-order chi connectivity index (χ1) is 11.6. The summed E-state index contributed by atoms with van der Waals surface area (Å²) < 4.78 is 0. The second kappa shape index (κ2) is 7.49. The minimum Gasteiger partial charge on any atom is -0.326 e. The maximum atomic E-state index is 12.1. The van der Waals surface area contributed by atoms with Gasteiger partial charge in [0.15, 0.2) is 0 Å². The third-order valence-corrected chi connectivity index (χ3v) is 4.30. The van der Waals surface area contributed by atoms with Crippen LogP contribution in [-0.2, 0) is 16.0 Å². The molecule has 0 saturated carbocycles. The fourth-order valence-corrected chi connectivity index (χ4v) is 3.03. The average molecular weight is 343 g/mol. The second-order valence-electron chi connectivity index (χ2n) is 5.87. The standard InChI is InChI=1S/C19H19ClN2O2/c20-15-4-1-3-14(13-15)6-11-18(23)21-16-7-9-17(10-8-16)22-12-2-5-19(22)24/h1,3-4,7-10,13H,2,5-6,11-12H2,(H,21,23). The third-order valence-electron chi connectivity index (χ3n) is 4.07. The van der Waals surface area contributed by atoms with E-state index < -0.39 is 0 Å². The predicted octanol–water partition coefficient (Wildman–Crippen LogP) is 4.04. The topological polar surface area (TPSA) is 49.4 Å². The number of benzene rings is 2. The van der Waals surface area contributed by atoms with Gasteiger partial charge in [0.25, 0.3) is 0 Å². The molecule has 5 heteroatoms. The summed E-state index contributed by atoms with van der Waals surface area (Å²) in [5.41, 5.74) is 2.66. The summed E-state index contributed by atoms with van der Waals surface area (Å²) in [6, 6.07) is 14.9. The molecule has 1 aliphatic heterocycles. The van der Waals surface area contributed by atoms with Crippen LogP contribution in [-0.4, -0.2) is 18.4 Å². The van der Waals surface area contributed by atoms with E-state index in [0.717, 1.165) is 29.9 Å². The molecule has 0 unspecified atom stereocenters. The van der Waals surface area contributed by atoms with Gasteiger partial charge in [-0.15, -0.1) is 0 Å². The van der Waals surface area contributed by atoms with Gasteiger partial charge < -0.3 is 10.2 Å². The van der Waals surface area contributed by atoms with Crippen molar-refractivity contribution >= 4 is 34.8 Å². The summed E-state index contributed by atoms with van der Waals surface area (Å²) in [4.78, 5) is 25.6. The van der Waals surface area contributed by atoms with Crippen molar-refractivity contribution in [1.29, 1.82) is 0 Å². The average Bonchev–Trinajstić information content (AvgIpc) is 3.00. The lowest BCUT2D eigenvalue weighted by Crippen LogP contribution is -2.23. The Kier molecular flexibility index (Phi) is 5.16. The number of nitrogens with one attached hydrogen (secondary N) is 1. The highest BCUT2D eigenvalue weighted by Gasteiger charge is 2.21. The second-order valence-corrected chi connectivity index (χ2v) is 6.31. The van der Waals surface area contributed by atoms with Crippen LogP contribution in [0.1, 0.15) is 24.8 Å². The zero-order valence-corrected chi connectivity index (χ0v) is 14.1. The van der Waals surface area contributed by atoms with E-state index in [4.69, 9.17) is 11.6 Å². The summed E-state index contributed by atoms with van der Waals surface area (Å²) >= 11 is 5.94. The number of carbonyl (C=O) groups excluding carboxylic acids is 2. The minimum absolute atomic E-state index is 0.0417. The van der Waals surface area contributed by atoms with E-state index in [2.05, 4.69) is 5.32 Å². The largest absolute Gasteiger partial charge is 0.326 e. The van der Waals surface area contributed by atoms with Crippen LogP contribution in [0, 0.1) is 0 Å². The van der Waals surface area contributed by atoms with Gasteiger partial charge in [0, 0.05) is 35.8 Å². The number of hydrogen-bond donors (Lipinski definition) is 1. The number of amides is 2. The monoisotopic (exact) mass is 342 g/mol. The fourth-order valence-electron chi connectivity index (χ4n) is 2.82. The van der Waals surface area contributed by atoms with Crippen molar-refractivity contribution in [1.82, 2.24) is 0 Å². The Bertz CT molecular complexity index is 743. The molecule has 2 amide bonds. The number of aryl methyl sites for hydroxylation is 1. The first-order valence-electron chi connectivity index (χ1n) is 8.06. The van der Waals surface area contributed by atoms with Gasteiger partial charge in [0.1, 0.15) is 0 Å². The summed E-state index contributed by atoms with van der Waals surface area (Å²) in [6.07, 6.45) is 2.56. The van der Waals surface area contributed by atoms with Gasteiger partial charge in [-0.05, 0) is 54.8 Å². The molecule has 0 spiro atoms. The van der Waals surface area contributed by atoms with Crippen molar-refractivity contribution in [3.63, 3.8) is 0 Å². The number of hydrogen-bond acceptors (Lipinski definition) is 2. The Morgan fingerprint density at radius 2 is 1.96 bits per heavy atom. The lowest BCUT2D eigenvalue weighted by atomic mass is 10.1. The zero-order valence-electron chi connectivity index (χ0n) is 13.3. The molecule has 1 heterocycles. The first kappa shape index (κ1) is 16.5. The number of rotatable bonds is 5.